The van der Waals surface area contributed by atoms with Crippen molar-refractivity contribution in [2.45, 2.75) is 38.6 Å². The lowest BCUT2D eigenvalue weighted by Crippen LogP contribution is -2.31. The molecular weight excluding hydrogens is 436 g/mol. The maximum absolute atomic E-state index is 12.8. The van der Waals surface area contributed by atoms with E-state index in [1.165, 1.54) is 22.5 Å². The number of hydrogen-bond donors (Lipinski definition) is 1. The second-order valence-electron chi connectivity index (χ2n) is 8.15. The Morgan fingerprint density at radius 1 is 0.939 bits per heavy atom. The summed E-state index contributed by atoms with van der Waals surface area (Å²) in [5, 5.41) is 2.97. The summed E-state index contributed by atoms with van der Waals surface area (Å²) in [6, 6.07) is 18.9. The van der Waals surface area contributed by atoms with Gasteiger partial charge in [0.2, 0.25) is 0 Å². The molecule has 0 saturated carbocycles. The molecule has 3 aromatic carbocycles. The minimum Gasteiger partial charge on any atom is -0.484 e. The van der Waals surface area contributed by atoms with E-state index in [0.29, 0.717) is 11.4 Å². The highest BCUT2D eigenvalue weighted by Crippen LogP contribution is 2.25. The van der Waals surface area contributed by atoms with Crippen LogP contribution < -0.4 is 14.4 Å². The third-order valence-corrected chi connectivity index (χ3v) is 7.50. The quantitative estimate of drug-likeness (QED) is 0.522. The molecule has 3 aromatic rings. The first-order valence-corrected chi connectivity index (χ1v) is 12.2. The van der Waals surface area contributed by atoms with Gasteiger partial charge >= 0.3 is 0 Å². The molecule has 1 amide bonds. The minimum atomic E-state index is -3.65. The molecule has 0 fully saturated rings. The van der Waals surface area contributed by atoms with Gasteiger partial charge in [0, 0.05) is 7.05 Å². The molecule has 0 aromatic heterocycles. The van der Waals surface area contributed by atoms with Crippen LogP contribution in [0.3, 0.4) is 0 Å². The topological polar surface area (TPSA) is 75.7 Å². The molecule has 0 aliphatic heterocycles. The van der Waals surface area contributed by atoms with Crippen molar-refractivity contribution in [2.24, 2.45) is 0 Å². The molecule has 0 saturated heterocycles. The van der Waals surface area contributed by atoms with Gasteiger partial charge in [-0.15, -0.1) is 0 Å². The first kappa shape index (κ1) is 24.3. The van der Waals surface area contributed by atoms with Crippen LogP contribution in [-0.4, -0.2) is 28.0 Å². The first-order chi connectivity index (χ1) is 15.6. The van der Waals surface area contributed by atoms with Crippen molar-refractivity contribution in [3.05, 3.63) is 89.0 Å². The Morgan fingerprint density at radius 3 is 2.18 bits per heavy atom. The predicted octanol–water partition coefficient (Wildman–Crippen LogP) is 4.69. The lowest BCUT2D eigenvalue weighted by Gasteiger charge is -2.20. The van der Waals surface area contributed by atoms with E-state index >= 15 is 0 Å². The Kier molecular flexibility index (Phi) is 7.43. The van der Waals surface area contributed by atoms with Crippen molar-refractivity contribution in [1.82, 2.24) is 5.32 Å². The normalized spacial score (nSPS) is 12.2. The van der Waals surface area contributed by atoms with Gasteiger partial charge in [0.05, 0.1) is 16.6 Å². The maximum atomic E-state index is 12.8. The van der Waals surface area contributed by atoms with Gasteiger partial charge in [0.25, 0.3) is 15.9 Å². The molecule has 7 heteroatoms. The molecule has 0 radical (unpaired) electrons. The number of hydrogen-bond acceptors (Lipinski definition) is 4. The number of sulfonamides is 1. The van der Waals surface area contributed by atoms with Crippen LogP contribution in [0.4, 0.5) is 5.69 Å². The Labute approximate surface area is 196 Å². The fourth-order valence-electron chi connectivity index (χ4n) is 3.60. The molecule has 6 nitrogen and oxygen atoms in total. The summed E-state index contributed by atoms with van der Waals surface area (Å²) >= 11 is 0. The van der Waals surface area contributed by atoms with Crippen molar-refractivity contribution in [1.29, 1.82) is 0 Å². The SMILES string of the molecule is Cc1cc(C)c(C(C)NC(=O)COc2ccc(N(C)S(=O)(=O)c3ccccc3)cc2)cc1C. The highest BCUT2D eigenvalue weighted by molar-refractivity contribution is 7.92. The summed E-state index contributed by atoms with van der Waals surface area (Å²) in [4.78, 5) is 12.6. The number of aryl methyl sites for hydroxylation is 3. The average Bonchev–Trinajstić information content (AvgIpc) is 2.80. The molecule has 1 unspecified atom stereocenters. The Morgan fingerprint density at radius 2 is 1.55 bits per heavy atom. The van der Waals surface area contributed by atoms with Crippen molar-refractivity contribution in [3.8, 4) is 5.75 Å². The van der Waals surface area contributed by atoms with Crippen molar-refractivity contribution < 1.29 is 17.9 Å². The van der Waals surface area contributed by atoms with Crippen LogP contribution in [0.5, 0.6) is 5.75 Å². The van der Waals surface area contributed by atoms with Gasteiger partial charge in [0.15, 0.2) is 6.61 Å². The van der Waals surface area contributed by atoms with Crippen LogP contribution >= 0.6 is 0 Å². The van der Waals surface area contributed by atoms with E-state index in [2.05, 4.69) is 31.3 Å². The molecule has 0 heterocycles. The smallest absolute Gasteiger partial charge is 0.264 e. The van der Waals surface area contributed by atoms with E-state index in [9.17, 15) is 13.2 Å². The number of benzene rings is 3. The molecule has 0 bridgehead atoms. The van der Waals surface area contributed by atoms with Gasteiger partial charge in [-0.2, -0.15) is 0 Å². The standard InChI is InChI=1S/C26H30N2O4S/c1-18-15-20(3)25(16-19(18)2)21(4)27-26(29)17-32-23-13-11-22(12-14-23)28(5)33(30,31)24-9-7-6-8-10-24/h6-16,21H,17H2,1-5H3,(H,27,29). The van der Waals surface area contributed by atoms with Gasteiger partial charge in [-0.1, -0.05) is 30.3 Å². The molecule has 0 aliphatic rings. The summed E-state index contributed by atoms with van der Waals surface area (Å²) in [6.45, 7) is 7.99. The number of nitrogens with zero attached hydrogens (tertiary/aromatic N) is 1. The molecule has 1 N–H and O–H groups in total. The lowest BCUT2D eigenvalue weighted by atomic mass is 9.96. The minimum absolute atomic E-state index is 0.133. The third kappa shape index (κ3) is 5.73. The highest BCUT2D eigenvalue weighted by Gasteiger charge is 2.21. The number of anilines is 1. The van der Waals surface area contributed by atoms with Gasteiger partial charge < -0.3 is 10.1 Å². The van der Waals surface area contributed by atoms with Crippen LogP contribution in [0, 0.1) is 20.8 Å². The summed E-state index contributed by atoms with van der Waals surface area (Å²) in [5.41, 5.74) is 5.13. The van der Waals surface area contributed by atoms with Gasteiger partial charge in [-0.3, -0.25) is 9.10 Å². The molecule has 174 valence electrons. The molecule has 33 heavy (non-hydrogen) atoms. The average molecular weight is 467 g/mol. The van der Waals surface area contributed by atoms with Crippen LogP contribution in [-0.2, 0) is 14.8 Å². The van der Waals surface area contributed by atoms with Crippen LogP contribution in [0.15, 0.2) is 71.6 Å². The Hall–Kier alpha value is -3.32. The number of nitrogens with one attached hydrogen (secondary N) is 1. The second-order valence-corrected chi connectivity index (χ2v) is 10.1. The van der Waals surface area contributed by atoms with Crippen LogP contribution in [0.25, 0.3) is 0 Å². The van der Waals surface area contributed by atoms with Gasteiger partial charge in [-0.25, -0.2) is 8.42 Å². The Bertz CT molecular complexity index is 1220. The monoisotopic (exact) mass is 466 g/mol. The number of rotatable bonds is 8. The van der Waals surface area contributed by atoms with Crippen molar-refractivity contribution >= 4 is 21.6 Å². The maximum Gasteiger partial charge on any atom is 0.264 e. The fraction of sp³-hybridized carbons (Fsp3) is 0.269. The molecule has 0 spiro atoms. The lowest BCUT2D eigenvalue weighted by molar-refractivity contribution is -0.123. The van der Waals surface area contributed by atoms with E-state index in [-0.39, 0.29) is 23.5 Å². The van der Waals surface area contributed by atoms with Crippen LogP contribution in [0.2, 0.25) is 0 Å². The van der Waals surface area contributed by atoms with E-state index in [4.69, 9.17) is 4.74 Å². The number of carbonyl (C=O) groups is 1. The molecule has 0 aliphatic carbocycles. The van der Waals surface area contributed by atoms with E-state index < -0.39 is 10.0 Å². The summed E-state index contributed by atoms with van der Waals surface area (Å²) in [5.74, 6) is 0.252. The molecule has 3 rings (SSSR count). The van der Waals surface area contributed by atoms with Crippen molar-refractivity contribution in [3.63, 3.8) is 0 Å². The van der Waals surface area contributed by atoms with Gasteiger partial charge in [-0.05, 0) is 86.3 Å². The number of carbonyl (C=O) groups excluding carboxylic acids is 1. The number of ether oxygens (including phenoxy) is 1. The Balaban J connectivity index is 1.59. The zero-order valence-electron chi connectivity index (χ0n) is 19.6. The second kappa shape index (κ2) is 10.1. The summed E-state index contributed by atoms with van der Waals surface area (Å²) in [6.07, 6.45) is 0. The largest absolute Gasteiger partial charge is 0.484 e. The zero-order chi connectivity index (χ0) is 24.2. The van der Waals surface area contributed by atoms with E-state index in [1.807, 2.05) is 13.8 Å². The summed E-state index contributed by atoms with van der Waals surface area (Å²) < 4.78 is 32.3. The van der Waals surface area contributed by atoms with Gasteiger partial charge in [0.1, 0.15) is 5.75 Å². The van der Waals surface area contributed by atoms with Crippen LogP contribution in [0.1, 0.15) is 35.2 Å². The fourth-order valence-corrected chi connectivity index (χ4v) is 4.82. The molecule has 1 atom stereocenters. The first-order valence-electron chi connectivity index (χ1n) is 10.7. The third-order valence-electron chi connectivity index (χ3n) is 5.70. The van der Waals surface area contributed by atoms with E-state index in [0.717, 1.165) is 11.1 Å². The number of amides is 1. The zero-order valence-corrected chi connectivity index (χ0v) is 20.4. The van der Waals surface area contributed by atoms with E-state index in [1.54, 1.807) is 54.6 Å². The van der Waals surface area contributed by atoms with Crippen molar-refractivity contribution in [2.75, 3.05) is 18.0 Å². The molecular formula is C26H30N2O4S. The highest BCUT2D eigenvalue weighted by atomic mass is 32.2. The summed E-state index contributed by atoms with van der Waals surface area (Å²) in [7, 11) is -2.15. The predicted molar refractivity (Wildman–Crippen MR) is 131 cm³/mol.